The number of nitrogens with one attached hydrogen (secondary N) is 1. The van der Waals surface area contributed by atoms with Gasteiger partial charge in [0.05, 0.1) is 5.56 Å². The number of carbonyl (C=O) groups is 2. The third-order valence-electron chi connectivity index (χ3n) is 2.38. The molecule has 8 heteroatoms. The van der Waals surface area contributed by atoms with Crippen molar-refractivity contribution in [3.8, 4) is 0 Å². The van der Waals surface area contributed by atoms with Crippen LogP contribution in [0, 0.1) is 5.82 Å². The maximum atomic E-state index is 13.7. The van der Waals surface area contributed by atoms with E-state index in [9.17, 15) is 22.8 Å². The number of benzene rings is 1. The second-order valence-electron chi connectivity index (χ2n) is 5.60. The lowest BCUT2D eigenvalue weighted by Gasteiger charge is -2.20. The highest BCUT2D eigenvalue weighted by molar-refractivity contribution is 5.84. The fourth-order valence-corrected chi connectivity index (χ4v) is 1.60. The zero-order valence-electron chi connectivity index (χ0n) is 12.2. The third kappa shape index (κ3) is 5.27. The van der Waals surface area contributed by atoms with Gasteiger partial charge in [0, 0.05) is 5.69 Å². The van der Waals surface area contributed by atoms with E-state index in [1.165, 1.54) is 0 Å². The minimum Gasteiger partial charge on any atom is -0.481 e. The van der Waals surface area contributed by atoms with Crippen molar-refractivity contribution < 1.29 is 32.6 Å². The highest BCUT2D eigenvalue weighted by Gasteiger charge is 2.37. The molecule has 0 atom stereocenters. The standard InChI is InChI=1S/C14H16F3NO4/c1-13(2,3)22-12(21)18-8-4-5-9(10(15)6-8)14(16,17)7-11(19)20/h4-6H,7H2,1-3H3,(H,18,21)(H,19,20). The van der Waals surface area contributed by atoms with E-state index in [1.54, 1.807) is 20.8 Å². The van der Waals surface area contributed by atoms with Crippen LogP contribution in [0.15, 0.2) is 18.2 Å². The van der Waals surface area contributed by atoms with E-state index in [-0.39, 0.29) is 5.69 Å². The molecule has 0 saturated carbocycles. The van der Waals surface area contributed by atoms with Gasteiger partial charge in [0.25, 0.3) is 5.92 Å². The molecule has 1 aromatic rings. The third-order valence-corrected chi connectivity index (χ3v) is 2.38. The number of carboxylic acids is 1. The molecule has 1 amide bonds. The summed E-state index contributed by atoms with van der Waals surface area (Å²) in [5.41, 5.74) is -1.90. The van der Waals surface area contributed by atoms with Crippen LogP contribution in [0.4, 0.5) is 23.7 Å². The summed E-state index contributed by atoms with van der Waals surface area (Å²) >= 11 is 0. The van der Waals surface area contributed by atoms with E-state index in [4.69, 9.17) is 9.84 Å². The number of hydrogen-bond acceptors (Lipinski definition) is 3. The van der Waals surface area contributed by atoms with Crippen molar-refractivity contribution in [2.75, 3.05) is 5.32 Å². The molecule has 0 bridgehead atoms. The average Bonchev–Trinajstić information content (AvgIpc) is 2.23. The zero-order valence-corrected chi connectivity index (χ0v) is 12.2. The van der Waals surface area contributed by atoms with E-state index in [1.807, 2.05) is 0 Å². The number of carbonyl (C=O) groups excluding carboxylic acids is 1. The Kier molecular flexibility index (Phi) is 5.05. The number of halogens is 3. The monoisotopic (exact) mass is 319 g/mol. The maximum Gasteiger partial charge on any atom is 0.412 e. The molecule has 0 aliphatic rings. The van der Waals surface area contributed by atoms with Crippen molar-refractivity contribution in [1.82, 2.24) is 0 Å². The predicted molar refractivity (Wildman–Crippen MR) is 72.4 cm³/mol. The van der Waals surface area contributed by atoms with E-state index in [2.05, 4.69) is 5.32 Å². The molecule has 122 valence electrons. The van der Waals surface area contributed by atoms with E-state index in [0.717, 1.165) is 12.1 Å². The van der Waals surface area contributed by atoms with Gasteiger partial charge in [-0.2, -0.15) is 0 Å². The fourth-order valence-electron chi connectivity index (χ4n) is 1.60. The molecule has 0 radical (unpaired) electrons. The lowest BCUT2D eigenvalue weighted by atomic mass is 10.0. The van der Waals surface area contributed by atoms with E-state index < -0.39 is 41.4 Å². The van der Waals surface area contributed by atoms with E-state index >= 15 is 0 Å². The SMILES string of the molecule is CC(C)(C)OC(=O)Nc1ccc(C(F)(F)CC(=O)O)c(F)c1. The Morgan fingerprint density at radius 1 is 1.27 bits per heavy atom. The minimum absolute atomic E-state index is 0.0818. The Morgan fingerprint density at radius 3 is 2.32 bits per heavy atom. The van der Waals surface area contributed by atoms with Crippen molar-refractivity contribution in [1.29, 1.82) is 0 Å². The summed E-state index contributed by atoms with van der Waals surface area (Å²) < 4.78 is 45.8. The number of rotatable bonds is 4. The van der Waals surface area contributed by atoms with Gasteiger partial charge in [0.2, 0.25) is 0 Å². The Bertz CT molecular complexity index is 582. The van der Waals surface area contributed by atoms with Crippen LogP contribution in [-0.4, -0.2) is 22.8 Å². The highest BCUT2D eigenvalue weighted by atomic mass is 19.3. The molecule has 1 rings (SSSR count). The normalized spacial score (nSPS) is 11.9. The highest BCUT2D eigenvalue weighted by Crippen LogP contribution is 2.34. The lowest BCUT2D eigenvalue weighted by molar-refractivity contribution is -0.145. The number of amides is 1. The van der Waals surface area contributed by atoms with Gasteiger partial charge in [0.1, 0.15) is 17.8 Å². The maximum absolute atomic E-state index is 13.7. The number of ether oxygens (including phenoxy) is 1. The summed E-state index contributed by atoms with van der Waals surface area (Å²) in [6.45, 7) is 4.88. The molecule has 22 heavy (non-hydrogen) atoms. The molecule has 0 fully saturated rings. The first-order valence-corrected chi connectivity index (χ1v) is 6.30. The summed E-state index contributed by atoms with van der Waals surface area (Å²) in [5.74, 6) is -6.92. The largest absolute Gasteiger partial charge is 0.481 e. The van der Waals surface area contributed by atoms with Crippen LogP contribution in [0.1, 0.15) is 32.8 Å². The number of carboxylic acid groups (broad SMARTS) is 1. The molecule has 0 aromatic heterocycles. The zero-order chi connectivity index (χ0) is 17.1. The van der Waals surface area contributed by atoms with Gasteiger partial charge in [-0.3, -0.25) is 10.1 Å². The van der Waals surface area contributed by atoms with Gasteiger partial charge < -0.3 is 9.84 Å². The van der Waals surface area contributed by atoms with Crippen LogP contribution in [0.5, 0.6) is 0 Å². The molecular weight excluding hydrogens is 303 g/mol. The summed E-state index contributed by atoms with van der Waals surface area (Å²) in [4.78, 5) is 21.9. The van der Waals surface area contributed by atoms with Crippen LogP contribution in [0.3, 0.4) is 0 Å². The van der Waals surface area contributed by atoms with Crippen molar-refractivity contribution in [2.24, 2.45) is 0 Å². The van der Waals surface area contributed by atoms with Crippen LogP contribution < -0.4 is 5.32 Å². The number of hydrogen-bond donors (Lipinski definition) is 2. The van der Waals surface area contributed by atoms with Crippen LogP contribution in [0.2, 0.25) is 0 Å². The minimum atomic E-state index is -3.85. The molecule has 0 unspecified atom stereocenters. The molecule has 0 spiro atoms. The lowest BCUT2D eigenvalue weighted by Crippen LogP contribution is -2.27. The van der Waals surface area contributed by atoms with Gasteiger partial charge in [-0.15, -0.1) is 0 Å². The quantitative estimate of drug-likeness (QED) is 0.886. The second kappa shape index (κ2) is 6.25. The summed E-state index contributed by atoms with van der Waals surface area (Å²) in [5, 5.41) is 10.6. The molecule has 1 aromatic carbocycles. The Balaban J connectivity index is 2.90. The molecule has 2 N–H and O–H groups in total. The summed E-state index contributed by atoms with van der Waals surface area (Å²) in [6.07, 6.45) is -2.39. The molecule has 0 saturated heterocycles. The Labute approximate surface area is 125 Å². The topological polar surface area (TPSA) is 75.6 Å². The number of aliphatic carboxylic acids is 1. The van der Waals surface area contributed by atoms with Crippen molar-refractivity contribution in [3.05, 3.63) is 29.6 Å². The first-order valence-electron chi connectivity index (χ1n) is 6.30. The first kappa shape index (κ1) is 17.8. The molecule has 0 aliphatic heterocycles. The summed E-state index contributed by atoms with van der Waals surface area (Å²) in [7, 11) is 0. The Hall–Kier alpha value is -2.25. The molecule has 5 nitrogen and oxygen atoms in total. The average molecular weight is 319 g/mol. The van der Waals surface area contributed by atoms with Gasteiger partial charge in [-0.05, 0) is 39.0 Å². The van der Waals surface area contributed by atoms with Gasteiger partial charge in [-0.25, -0.2) is 18.0 Å². The van der Waals surface area contributed by atoms with Crippen molar-refractivity contribution in [2.45, 2.75) is 38.7 Å². The second-order valence-corrected chi connectivity index (χ2v) is 5.60. The first-order chi connectivity index (χ1) is 9.90. The molecule has 0 heterocycles. The van der Waals surface area contributed by atoms with Crippen LogP contribution in [0.25, 0.3) is 0 Å². The predicted octanol–water partition coefficient (Wildman–Crippen LogP) is 3.74. The fraction of sp³-hybridized carbons (Fsp3) is 0.429. The van der Waals surface area contributed by atoms with Crippen LogP contribution >= 0.6 is 0 Å². The smallest absolute Gasteiger partial charge is 0.412 e. The molecule has 0 aliphatic carbocycles. The molecular formula is C14H16F3NO4. The summed E-state index contributed by atoms with van der Waals surface area (Å²) in [6, 6.07) is 2.44. The van der Waals surface area contributed by atoms with Crippen molar-refractivity contribution in [3.63, 3.8) is 0 Å². The van der Waals surface area contributed by atoms with Gasteiger partial charge in [0.15, 0.2) is 0 Å². The van der Waals surface area contributed by atoms with Gasteiger partial charge >= 0.3 is 12.1 Å². The Morgan fingerprint density at radius 2 is 1.86 bits per heavy atom. The van der Waals surface area contributed by atoms with Crippen LogP contribution in [-0.2, 0) is 15.5 Å². The number of alkyl halides is 2. The van der Waals surface area contributed by atoms with E-state index in [0.29, 0.717) is 6.07 Å². The number of anilines is 1. The van der Waals surface area contributed by atoms with Gasteiger partial charge in [-0.1, -0.05) is 0 Å². The van der Waals surface area contributed by atoms with Crippen molar-refractivity contribution >= 4 is 17.7 Å².